The summed E-state index contributed by atoms with van der Waals surface area (Å²) in [6.45, 7) is 5.33. The number of hydroxylamine groups is 1. The molecule has 0 atom stereocenters. The summed E-state index contributed by atoms with van der Waals surface area (Å²) in [6.07, 6.45) is -0.880. The molecule has 0 spiro atoms. The Morgan fingerprint density at radius 3 is 2.25 bits per heavy atom. The second-order valence-corrected chi connectivity index (χ2v) is 10.5. The van der Waals surface area contributed by atoms with Gasteiger partial charge in [0.1, 0.15) is 16.6 Å². The Bertz CT molecular complexity index is 1440. The monoisotopic (exact) mass is 632 g/mol. The Hall–Kier alpha value is -4.11. The first kappa shape index (κ1) is 32.8. The first-order valence-corrected chi connectivity index (χ1v) is 14.8. The van der Waals surface area contributed by atoms with Crippen LogP contribution in [-0.2, 0) is 32.1 Å². The highest BCUT2D eigenvalue weighted by atomic mass is 32.1. The summed E-state index contributed by atoms with van der Waals surface area (Å²) in [6, 6.07) is 9.70. The molecule has 0 radical (unpaired) electrons. The normalized spacial score (nSPS) is 13.3. The summed E-state index contributed by atoms with van der Waals surface area (Å²) in [5, 5.41) is 2.76. The number of carbonyl (C=O) groups is 3. The second kappa shape index (κ2) is 15.6. The van der Waals surface area contributed by atoms with Crippen LogP contribution < -0.4 is 15.7 Å². The van der Waals surface area contributed by atoms with Crippen LogP contribution in [0.15, 0.2) is 42.5 Å². The molecule has 0 aliphatic carbocycles. The fourth-order valence-corrected chi connectivity index (χ4v) is 5.93. The van der Waals surface area contributed by atoms with Gasteiger partial charge in [-0.2, -0.15) is 0 Å². The number of hydrogen-bond donors (Lipinski definition) is 2. The van der Waals surface area contributed by atoms with Crippen LogP contribution in [0, 0.1) is 11.6 Å². The van der Waals surface area contributed by atoms with Gasteiger partial charge in [-0.1, -0.05) is 18.2 Å². The van der Waals surface area contributed by atoms with E-state index < -0.39 is 36.3 Å². The SMILES string of the molecule is CCOC(=O)c1c(N(Cc2c(F)cccc2F)C(=O)OCC)sc(-c2ccc(NC(=O)NOC)cc2)c1CN1CCOCC1. The van der Waals surface area contributed by atoms with Crippen molar-refractivity contribution in [3.05, 3.63) is 70.8 Å². The highest BCUT2D eigenvalue weighted by Crippen LogP contribution is 2.44. The smallest absolute Gasteiger partial charge is 0.415 e. The van der Waals surface area contributed by atoms with Crippen molar-refractivity contribution < 1.29 is 42.2 Å². The fourth-order valence-electron chi connectivity index (χ4n) is 4.64. The third-order valence-corrected chi connectivity index (χ3v) is 7.97. The Kier molecular flexibility index (Phi) is 11.6. The van der Waals surface area contributed by atoms with E-state index in [9.17, 15) is 23.2 Å². The van der Waals surface area contributed by atoms with Crippen molar-refractivity contribution in [1.82, 2.24) is 10.4 Å². The predicted molar refractivity (Wildman–Crippen MR) is 161 cm³/mol. The van der Waals surface area contributed by atoms with Crippen molar-refractivity contribution >= 4 is 40.1 Å². The van der Waals surface area contributed by atoms with Gasteiger partial charge in [0.25, 0.3) is 0 Å². The Labute approximate surface area is 257 Å². The molecule has 4 rings (SSSR count). The topological polar surface area (TPSA) is 119 Å². The molecule has 1 saturated heterocycles. The largest absolute Gasteiger partial charge is 0.462 e. The maximum atomic E-state index is 14.8. The van der Waals surface area contributed by atoms with Crippen molar-refractivity contribution in [3.63, 3.8) is 0 Å². The number of thiophene rings is 1. The number of carbonyl (C=O) groups excluding carboxylic acids is 3. The van der Waals surface area contributed by atoms with E-state index in [-0.39, 0.29) is 29.3 Å². The van der Waals surface area contributed by atoms with Gasteiger partial charge in [0, 0.05) is 41.3 Å². The van der Waals surface area contributed by atoms with E-state index in [4.69, 9.17) is 14.2 Å². The molecule has 3 aromatic rings. The summed E-state index contributed by atoms with van der Waals surface area (Å²) in [7, 11) is 1.31. The van der Waals surface area contributed by atoms with E-state index in [2.05, 4.69) is 20.5 Å². The highest BCUT2D eigenvalue weighted by molar-refractivity contribution is 7.20. The zero-order valence-corrected chi connectivity index (χ0v) is 25.4. The number of rotatable bonds is 11. The molecule has 1 aliphatic heterocycles. The van der Waals surface area contributed by atoms with Crippen molar-refractivity contribution in [3.8, 4) is 10.4 Å². The molecule has 2 heterocycles. The number of hydrogen-bond acceptors (Lipinski definition) is 9. The maximum absolute atomic E-state index is 14.8. The molecule has 14 heteroatoms. The summed E-state index contributed by atoms with van der Waals surface area (Å²) in [5.74, 6) is -2.38. The van der Waals surface area contributed by atoms with Gasteiger partial charge in [0.05, 0.1) is 45.6 Å². The zero-order chi connectivity index (χ0) is 31.6. The van der Waals surface area contributed by atoms with Crippen molar-refractivity contribution in [2.75, 3.05) is 56.8 Å². The molecule has 1 fully saturated rings. The maximum Gasteiger partial charge on any atom is 0.415 e. The van der Waals surface area contributed by atoms with Gasteiger partial charge < -0.3 is 19.5 Å². The lowest BCUT2D eigenvalue weighted by Crippen LogP contribution is -2.36. The van der Waals surface area contributed by atoms with Crippen LogP contribution >= 0.6 is 11.3 Å². The first-order valence-electron chi connectivity index (χ1n) is 14.0. The molecular formula is C30H34F2N4O7S. The lowest BCUT2D eigenvalue weighted by Gasteiger charge is -2.27. The van der Waals surface area contributed by atoms with Gasteiger partial charge in [0.15, 0.2) is 0 Å². The quantitative estimate of drug-likeness (QED) is 0.209. The van der Waals surface area contributed by atoms with E-state index in [1.54, 1.807) is 38.1 Å². The molecule has 0 saturated carbocycles. The molecule has 44 heavy (non-hydrogen) atoms. The van der Waals surface area contributed by atoms with Crippen molar-refractivity contribution in [2.45, 2.75) is 26.9 Å². The van der Waals surface area contributed by atoms with E-state index in [1.165, 1.54) is 13.2 Å². The van der Waals surface area contributed by atoms with Gasteiger partial charge in [-0.3, -0.25) is 14.6 Å². The molecule has 2 aromatic carbocycles. The van der Waals surface area contributed by atoms with Gasteiger partial charge in [0.2, 0.25) is 0 Å². The Morgan fingerprint density at radius 2 is 1.64 bits per heavy atom. The number of nitrogens with zero attached hydrogens (tertiary/aromatic N) is 2. The standard InChI is InChI=1S/C30H34F2N4O7S/c1-4-42-28(37)25-22(17-35-13-15-41-16-14-35)26(19-9-11-20(12-10-19)33-29(38)34-40-3)44-27(25)36(30(39)43-5-2)18-21-23(31)7-6-8-24(21)32/h6-12H,4-5,13-18H2,1-3H3,(H2,33,34,38). The summed E-state index contributed by atoms with van der Waals surface area (Å²) in [4.78, 5) is 47.3. The molecule has 1 aliphatic rings. The van der Waals surface area contributed by atoms with Gasteiger partial charge in [-0.25, -0.2) is 28.6 Å². The van der Waals surface area contributed by atoms with Crippen LogP contribution in [0.4, 0.5) is 29.1 Å². The van der Waals surface area contributed by atoms with E-state index in [0.717, 1.165) is 28.4 Å². The van der Waals surface area contributed by atoms with Crippen LogP contribution in [0.5, 0.6) is 0 Å². The molecule has 2 N–H and O–H groups in total. The Balaban J connectivity index is 1.89. The number of esters is 1. The van der Waals surface area contributed by atoms with Crippen LogP contribution in [0.2, 0.25) is 0 Å². The second-order valence-electron chi connectivity index (χ2n) is 9.52. The Morgan fingerprint density at radius 1 is 0.977 bits per heavy atom. The molecule has 11 nitrogen and oxygen atoms in total. The number of ether oxygens (including phenoxy) is 3. The van der Waals surface area contributed by atoms with Crippen LogP contribution in [0.1, 0.15) is 35.3 Å². The summed E-state index contributed by atoms with van der Waals surface area (Å²) >= 11 is 1.10. The molecule has 236 valence electrons. The number of anilines is 2. The minimum atomic E-state index is -0.880. The lowest BCUT2D eigenvalue weighted by molar-refractivity contribution is 0.0338. The van der Waals surface area contributed by atoms with Crippen molar-refractivity contribution in [1.29, 1.82) is 0 Å². The van der Waals surface area contributed by atoms with E-state index >= 15 is 0 Å². The average molecular weight is 633 g/mol. The third kappa shape index (κ3) is 7.88. The third-order valence-electron chi connectivity index (χ3n) is 6.66. The molecule has 1 aromatic heterocycles. The highest BCUT2D eigenvalue weighted by Gasteiger charge is 2.34. The lowest BCUT2D eigenvalue weighted by atomic mass is 10.0. The molecular weight excluding hydrogens is 598 g/mol. The van der Waals surface area contributed by atoms with Gasteiger partial charge >= 0.3 is 18.1 Å². The van der Waals surface area contributed by atoms with Crippen LogP contribution in [0.3, 0.4) is 0 Å². The minimum absolute atomic E-state index is 0.00615. The minimum Gasteiger partial charge on any atom is -0.462 e. The van der Waals surface area contributed by atoms with Gasteiger partial charge in [-0.15, -0.1) is 11.3 Å². The van der Waals surface area contributed by atoms with E-state index in [0.29, 0.717) is 54.5 Å². The number of nitrogens with one attached hydrogen (secondary N) is 2. The first-order chi connectivity index (χ1) is 21.3. The predicted octanol–water partition coefficient (Wildman–Crippen LogP) is 5.55. The average Bonchev–Trinajstić information content (AvgIpc) is 3.36. The molecule has 3 amide bonds. The van der Waals surface area contributed by atoms with E-state index in [1.807, 2.05) is 0 Å². The van der Waals surface area contributed by atoms with Crippen molar-refractivity contribution in [2.24, 2.45) is 0 Å². The van der Waals surface area contributed by atoms with Crippen LogP contribution in [0.25, 0.3) is 10.4 Å². The number of morpholine rings is 1. The summed E-state index contributed by atoms with van der Waals surface area (Å²) in [5.41, 5.74) is 3.64. The summed E-state index contributed by atoms with van der Waals surface area (Å²) < 4.78 is 45.9. The number of halogens is 2. The van der Waals surface area contributed by atoms with Gasteiger partial charge in [-0.05, 0) is 43.7 Å². The zero-order valence-electron chi connectivity index (χ0n) is 24.6. The van der Waals surface area contributed by atoms with Crippen LogP contribution in [-0.4, -0.2) is 69.6 Å². The molecule has 0 unspecified atom stereocenters. The fraction of sp³-hybridized carbons (Fsp3) is 0.367. The number of amides is 3. The number of benzene rings is 2. The number of urea groups is 1. The molecule has 0 bridgehead atoms.